The van der Waals surface area contributed by atoms with E-state index in [4.69, 9.17) is 4.74 Å². The third kappa shape index (κ3) is 4.06. The number of carbonyl (C=O) groups is 1. The summed E-state index contributed by atoms with van der Waals surface area (Å²) in [5.74, 6) is 1.00. The van der Waals surface area contributed by atoms with E-state index in [0.717, 1.165) is 0 Å². The van der Waals surface area contributed by atoms with E-state index in [-0.39, 0.29) is 11.8 Å². The van der Waals surface area contributed by atoms with Gasteiger partial charge in [-0.1, -0.05) is 0 Å². The molecule has 3 rings (SSSR count). The smallest absolute Gasteiger partial charge is 0.317 e. The van der Waals surface area contributed by atoms with Crippen LogP contribution in [0.1, 0.15) is 0 Å². The molecule has 2 heterocycles. The zero-order chi connectivity index (χ0) is 16.1. The van der Waals surface area contributed by atoms with Crippen molar-refractivity contribution in [3.8, 4) is 11.6 Å². The summed E-state index contributed by atoms with van der Waals surface area (Å²) in [7, 11) is 0. The first-order valence-electron chi connectivity index (χ1n) is 7.23. The minimum Gasteiger partial charge on any atom is -0.437 e. The highest BCUT2D eigenvalue weighted by Gasteiger charge is 2.18. The standard InChI is InChI=1S/C15H16FN5O2/c16-11-1-3-12(4-2-11)23-14-10-17-9-13(20-14)18-5-7-21-8-6-19-15(21)22/h1-4,9-10H,5-8H2,(H,18,20)(H,19,22). The maximum atomic E-state index is 12.9. The van der Waals surface area contributed by atoms with Crippen molar-refractivity contribution in [2.45, 2.75) is 0 Å². The Balaban J connectivity index is 1.54. The fourth-order valence-electron chi connectivity index (χ4n) is 2.15. The molecule has 2 amide bonds. The lowest BCUT2D eigenvalue weighted by atomic mass is 10.3. The summed E-state index contributed by atoms with van der Waals surface area (Å²) in [6, 6.07) is 5.61. The molecule has 8 heteroatoms. The van der Waals surface area contributed by atoms with Gasteiger partial charge in [0, 0.05) is 26.2 Å². The van der Waals surface area contributed by atoms with Gasteiger partial charge in [-0.2, -0.15) is 4.98 Å². The maximum Gasteiger partial charge on any atom is 0.317 e. The lowest BCUT2D eigenvalue weighted by Crippen LogP contribution is -2.32. The van der Waals surface area contributed by atoms with Crippen molar-refractivity contribution >= 4 is 11.8 Å². The number of carbonyl (C=O) groups excluding carboxylic acids is 1. The molecule has 0 saturated carbocycles. The number of anilines is 1. The average molecular weight is 317 g/mol. The van der Waals surface area contributed by atoms with Gasteiger partial charge >= 0.3 is 6.03 Å². The Hall–Kier alpha value is -2.90. The first-order chi connectivity index (χ1) is 11.2. The van der Waals surface area contributed by atoms with Crippen molar-refractivity contribution in [1.82, 2.24) is 20.2 Å². The van der Waals surface area contributed by atoms with Gasteiger partial charge in [0.1, 0.15) is 17.4 Å². The quantitative estimate of drug-likeness (QED) is 0.850. The first-order valence-corrected chi connectivity index (χ1v) is 7.23. The van der Waals surface area contributed by atoms with E-state index in [1.807, 2.05) is 0 Å². The fraction of sp³-hybridized carbons (Fsp3) is 0.267. The Morgan fingerprint density at radius 2 is 2.13 bits per heavy atom. The molecule has 1 aromatic carbocycles. The fourth-order valence-corrected chi connectivity index (χ4v) is 2.15. The molecule has 23 heavy (non-hydrogen) atoms. The van der Waals surface area contributed by atoms with E-state index < -0.39 is 0 Å². The predicted molar refractivity (Wildman–Crippen MR) is 82.0 cm³/mol. The summed E-state index contributed by atoms with van der Waals surface area (Å²) in [4.78, 5) is 21.4. The van der Waals surface area contributed by atoms with Gasteiger partial charge in [0.15, 0.2) is 0 Å². The first kappa shape index (κ1) is 15.0. The minimum atomic E-state index is -0.329. The molecule has 0 radical (unpaired) electrons. The van der Waals surface area contributed by atoms with E-state index >= 15 is 0 Å². The molecule has 0 bridgehead atoms. The highest BCUT2D eigenvalue weighted by Crippen LogP contribution is 2.19. The number of aromatic nitrogens is 2. The van der Waals surface area contributed by atoms with Crippen LogP contribution < -0.4 is 15.4 Å². The summed E-state index contributed by atoms with van der Waals surface area (Å²) in [5.41, 5.74) is 0. The van der Waals surface area contributed by atoms with Crippen LogP contribution in [-0.2, 0) is 0 Å². The van der Waals surface area contributed by atoms with Crippen molar-refractivity contribution in [2.24, 2.45) is 0 Å². The number of rotatable bonds is 6. The lowest BCUT2D eigenvalue weighted by molar-refractivity contribution is 0.219. The summed E-state index contributed by atoms with van der Waals surface area (Å²) < 4.78 is 18.4. The van der Waals surface area contributed by atoms with Gasteiger partial charge in [-0.3, -0.25) is 4.98 Å². The molecule has 2 aromatic rings. The monoisotopic (exact) mass is 317 g/mol. The van der Waals surface area contributed by atoms with Crippen LogP contribution in [0.3, 0.4) is 0 Å². The van der Waals surface area contributed by atoms with Crippen molar-refractivity contribution in [3.63, 3.8) is 0 Å². The summed E-state index contributed by atoms with van der Waals surface area (Å²) in [6.45, 7) is 2.53. The van der Waals surface area contributed by atoms with E-state index in [1.165, 1.54) is 30.5 Å². The number of nitrogens with zero attached hydrogens (tertiary/aromatic N) is 3. The Morgan fingerprint density at radius 1 is 1.30 bits per heavy atom. The molecule has 1 aromatic heterocycles. The lowest BCUT2D eigenvalue weighted by Gasteiger charge is -2.14. The van der Waals surface area contributed by atoms with Gasteiger partial charge in [-0.05, 0) is 24.3 Å². The van der Waals surface area contributed by atoms with E-state index in [9.17, 15) is 9.18 Å². The Morgan fingerprint density at radius 3 is 2.87 bits per heavy atom. The summed E-state index contributed by atoms with van der Waals surface area (Å²) in [5, 5.41) is 5.84. The molecule has 2 N–H and O–H groups in total. The Labute approximate surface area is 132 Å². The highest BCUT2D eigenvalue weighted by atomic mass is 19.1. The summed E-state index contributed by atoms with van der Waals surface area (Å²) in [6.07, 6.45) is 3.05. The van der Waals surface area contributed by atoms with Crippen LogP contribution in [0.2, 0.25) is 0 Å². The number of nitrogens with one attached hydrogen (secondary N) is 2. The zero-order valence-electron chi connectivity index (χ0n) is 12.3. The van der Waals surface area contributed by atoms with E-state index in [1.54, 1.807) is 11.1 Å². The van der Waals surface area contributed by atoms with Gasteiger partial charge in [0.25, 0.3) is 0 Å². The predicted octanol–water partition coefficient (Wildman–Crippen LogP) is 1.85. The largest absolute Gasteiger partial charge is 0.437 e. The number of urea groups is 1. The average Bonchev–Trinajstić information content (AvgIpc) is 2.95. The van der Waals surface area contributed by atoms with Crippen LogP contribution in [0.5, 0.6) is 11.6 Å². The molecule has 0 spiro atoms. The van der Waals surface area contributed by atoms with Gasteiger partial charge in [0.2, 0.25) is 5.88 Å². The van der Waals surface area contributed by atoms with Crippen LogP contribution in [0, 0.1) is 5.82 Å². The van der Waals surface area contributed by atoms with Gasteiger partial charge < -0.3 is 20.3 Å². The number of ether oxygens (including phenoxy) is 1. The Kier molecular flexibility index (Phi) is 4.51. The highest BCUT2D eigenvalue weighted by molar-refractivity contribution is 5.76. The number of hydrogen-bond acceptors (Lipinski definition) is 5. The van der Waals surface area contributed by atoms with Gasteiger partial charge in [0.05, 0.1) is 12.4 Å². The molecular formula is C15H16FN5O2. The van der Waals surface area contributed by atoms with Gasteiger partial charge in [-0.25, -0.2) is 9.18 Å². The molecule has 1 aliphatic heterocycles. The molecule has 120 valence electrons. The molecule has 0 atom stereocenters. The van der Waals surface area contributed by atoms with Crippen LogP contribution in [0.25, 0.3) is 0 Å². The molecule has 7 nitrogen and oxygen atoms in total. The van der Waals surface area contributed by atoms with Crippen molar-refractivity contribution in [2.75, 3.05) is 31.5 Å². The van der Waals surface area contributed by atoms with Crippen LogP contribution in [-0.4, -0.2) is 47.1 Å². The molecular weight excluding hydrogens is 301 g/mol. The molecule has 1 aliphatic rings. The maximum absolute atomic E-state index is 12.9. The van der Waals surface area contributed by atoms with Gasteiger partial charge in [-0.15, -0.1) is 0 Å². The normalized spacial score (nSPS) is 13.8. The second-order valence-electron chi connectivity index (χ2n) is 4.94. The SMILES string of the molecule is O=C1NCCN1CCNc1cncc(Oc2ccc(F)cc2)n1. The van der Waals surface area contributed by atoms with Crippen LogP contribution in [0.15, 0.2) is 36.7 Å². The second kappa shape index (κ2) is 6.91. The minimum absolute atomic E-state index is 0.0497. The van der Waals surface area contributed by atoms with Crippen molar-refractivity contribution in [1.29, 1.82) is 0 Å². The van der Waals surface area contributed by atoms with Crippen molar-refractivity contribution in [3.05, 3.63) is 42.5 Å². The van der Waals surface area contributed by atoms with Crippen molar-refractivity contribution < 1.29 is 13.9 Å². The summed E-state index contributed by atoms with van der Waals surface area (Å²) >= 11 is 0. The number of halogens is 1. The molecule has 1 fully saturated rings. The second-order valence-corrected chi connectivity index (χ2v) is 4.94. The topological polar surface area (TPSA) is 79.4 Å². The molecule has 0 aliphatic carbocycles. The third-order valence-corrected chi connectivity index (χ3v) is 3.28. The Bertz CT molecular complexity index is 680. The van der Waals surface area contributed by atoms with E-state index in [0.29, 0.717) is 43.6 Å². The number of benzene rings is 1. The van der Waals surface area contributed by atoms with E-state index in [2.05, 4.69) is 20.6 Å². The van der Waals surface area contributed by atoms with Crippen LogP contribution in [0.4, 0.5) is 15.0 Å². The molecule has 0 unspecified atom stereocenters. The number of amides is 2. The molecule has 1 saturated heterocycles. The third-order valence-electron chi connectivity index (χ3n) is 3.28. The number of hydrogen-bond donors (Lipinski definition) is 2. The zero-order valence-corrected chi connectivity index (χ0v) is 12.3. The van der Waals surface area contributed by atoms with Crippen LogP contribution >= 0.6 is 0 Å².